The molecule has 0 unspecified atom stereocenters. The van der Waals surface area contributed by atoms with Crippen LogP contribution in [0.5, 0.6) is 0 Å². The Balaban J connectivity index is 2.11. The molecule has 0 aromatic heterocycles. The molecule has 0 spiro atoms. The molecule has 41 heavy (non-hydrogen) atoms. The SMILES string of the molecule is CCCNC(=O)[C@H](CC)N(Cc1ccccc1C)C(=O)CN(c1cccc(C(F)(F)F)c1)S(=O)(=O)c1ccccc1. The first kappa shape index (κ1) is 31.7. The molecule has 3 rings (SSSR count). The Labute approximate surface area is 239 Å². The summed E-state index contributed by atoms with van der Waals surface area (Å²) in [5.41, 5.74) is 0.231. The van der Waals surface area contributed by atoms with Gasteiger partial charge >= 0.3 is 6.18 Å². The maximum atomic E-state index is 14.0. The highest BCUT2D eigenvalue weighted by atomic mass is 32.2. The van der Waals surface area contributed by atoms with Crippen molar-refractivity contribution in [2.75, 3.05) is 17.4 Å². The molecule has 0 aliphatic carbocycles. The molecule has 0 radical (unpaired) electrons. The normalized spacial score (nSPS) is 12.4. The van der Waals surface area contributed by atoms with Gasteiger partial charge in [0.05, 0.1) is 16.1 Å². The van der Waals surface area contributed by atoms with Crippen LogP contribution in [0, 0.1) is 6.92 Å². The second-order valence-electron chi connectivity index (χ2n) is 9.54. The fraction of sp³-hybridized carbons (Fsp3) is 0.333. The number of carbonyl (C=O) groups excluding carboxylic acids is 2. The summed E-state index contributed by atoms with van der Waals surface area (Å²) in [4.78, 5) is 28.2. The van der Waals surface area contributed by atoms with Crippen LogP contribution in [-0.2, 0) is 32.3 Å². The third-order valence-corrected chi connectivity index (χ3v) is 8.40. The molecule has 0 fully saturated rings. The lowest BCUT2D eigenvalue weighted by Crippen LogP contribution is -2.52. The predicted octanol–water partition coefficient (Wildman–Crippen LogP) is 5.54. The standard InChI is InChI=1S/C30H34F3N3O4S/c1-4-18-34-29(38)27(5-2)35(20-23-13-10-9-12-22(23)3)28(37)21-36(41(39,40)26-16-7-6-8-17-26)25-15-11-14-24(19-25)30(31,32)33/h6-17,19,27H,4-5,18,20-21H2,1-3H3,(H,34,38)/t27-/m0/s1. The highest BCUT2D eigenvalue weighted by Crippen LogP contribution is 2.33. The van der Waals surface area contributed by atoms with E-state index in [0.29, 0.717) is 23.3 Å². The first-order chi connectivity index (χ1) is 19.4. The van der Waals surface area contributed by atoms with E-state index >= 15 is 0 Å². The van der Waals surface area contributed by atoms with Crippen molar-refractivity contribution in [2.45, 2.75) is 57.3 Å². The van der Waals surface area contributed by atoms with E-state index < -0.39 is 46.2 Å². The second-order valence-corrected chi connectivity index (χ2v) is 11.4. The predicted molar refractivity (Wildman–Crippen MR) is 152 cm³/mol. The second kappa shape index (κ2) is 13.7. The topological polar surface area (TPSA) is 86.8 Å². The molecular formula is C30H34F3N3O4S. The van der Waals surface area contributed by atoms with Crippen molar-refractivity contribution in [3.05, 3.63) is 95.6 Å². The average molecular weight is 590 g/mol. The number of anilines is 1. The van der Waals surface area contributed by atoms with E-state index in [1.54, 1.807) is 25.1 Å². The fourth-order valence-corrected chi connectivity index (χ4v) is 5.77. The number of amides is 2. The van der Waals surface area contributed by atoms with Gasteiger partial charge in [-0.1, -0.05) is 62.4 Å². The van der Waals surface area contributed by atoms with E-state index in [4.69, 9.17) is 0 Å². The number of sulfonamides is 1. The van der Waals surface area contributed by atoms with Crippen molar-refractivity contribution in [3.8, 4) is 0 Å². The molecule has 2 amide bonds. The summed E-state index contributed by atoms with van der Waals surface area (Å²) in [5.74, 6) is -1.13. The first-order valence-corrected chi connectivity index (χ1v) is 14.7. The minimum absolute atomic E-state index is 0.00533. The number of halogens is 3. The number of nitrogens with zero attached hydrogens (tertiary/aromatic N) is 2. The van der Waals surface area contributed by atoms with Crippen molar-refractivity contribution >= 4 is 27.5 Å². The lowest BCUT2D eigenvalue weighted by Gasteiger charge is -2.33. The van der Waals surface area contributed by atoms with Gasteiger partial charge in [-0.2, -0.15) is 13.2 Å². The van der Waals surface area contributed by atoms with Gasteiger partial charge in [0.15, 0.2) is 0 Å². The zero-order chi connectivity index (χ0) is 30.2. The van der Waals surface area contributed by atoms with Crippen LogP contribution in [0.4, 0.5) is 18.9 Å². The third-order valence-electron chi connectivity index (χ3n) is 6.61. The molecule has 0 aliphatic heterocycles. The summed E-state index contributed by atoms with van der Waals surface area (Å²) in [5, 5.41) is 2.79. The number of alkyl halides is 3. The Hall–Kier alpha value is -3.86. The molecule has 0 aliphatic rings. The van der Waals surface area contributed by atoms with Crippen molar-refractivity contribution in [3.63, 3.8) is 0 Å². The van der Waals surface area contributed by atoms with Crippen LogP contribution in [-0.4, -0.2) is 44.3 Å². The number of hydrogen-bond acceptors (Lipinski definition) is 4. The summed E-state index contributed by atoms with van der Waals surface area (Å²) in [6, 6.07) is 17.3. The van der Waals surface area contributed by atoms with Crippen LogP contribution < -0.4 is 9.62 Å². The van der Waals surface area contributed by atoms with Crippen LogP contribution >= 0.6 is 0 Å². The smallest absolute Gasteiger partial charge is 0.354 e. The number of carbonyl (C=O) groups is 2. The number of rotatable bonds is 12. The Morgan fingerprint density at radius 3 is 2.20 bits per heavy atom. The molecule has 11 heteroatoms. The van der Waals surface area contributed by atoms with E-state index in [1.807, 2.05) is 26.0 Å². The molecule has 220 valence electrons. The number of benzene rings is 3. The summed E-state index contributed by atoms with van der Waals surface area (Å²) in [7, 11) is -4.47. The Bertz CT molecular complexity index is 1450. The largest absolute Gasteiger partial charge is 0.416 e. The molecule has 1 N–H and O–H groups in total. The Kier molecular flexibility index (Phi) is 10.6. The lowest BCUT2D eigenvalue weighted by molar-refractivity contribution is -0.140. The van der Waals surface area contributed by atoms with Gasteiger partial charge in [-0.15, -0.1) is 0 Å². The van der Waals surface area contributed by atoms with Crippen LogP contribution in [0.2, 0.25) is 0 Å². The number of hydrogen-bond donors (Lipinski definition) is 1. The molecule has 0 saturated heterocycles. The van der Waals surface area contributed by atoms with Gasteiger partial charge in [0.1, 0.15) is 12.6 Å². The van der Waals surface area contributed by atoms with E-state index in [-0.39, 0.29) is 23.5 Å². The highest BCUT2D eigenvalue weighted by molar-refractivity contribution is 7.92. The molecule has 0 bridgehead atoms. The van der Waals surface area contributed by atoms with E-state index in [2.05, 4.69) is 5.32 Å². The molecule has 7 nitrogen and oxygen atoms in total. The minimum Gasteiger partial charge on any atom is -0.354 e. The molecular weight excluding hydrogens is 555 g/mol. The molecule has 3 aromatic carbocycles. The van der Waals surface area contributed by atoms with Crippen molar-refractivity contribution in [2.24, 2.45) is 0 Å². The number of nitrogens with one attached hydrogen (secondary N) is 1. The summed E-state index contributed by atoms with van der Waals surface area (Å²) >= 11 is 0. The molecule has 1 atom stereocenters. The fourth-order valence-electron chi connectivity index (χ4n) is 4.34. The lowest BCUT2D eigenvalue weighted by atomic mass is 10.1. The van der Waals surface area contributed by atoms with Gasteiger partial charge in [-0.25, -0.2) is 8.42 Å². The Morgan fingerprint density at radius 2 is 1.59 bits per heavy atom. The van der Waals surface area contributed by atoms with E-state index in [1.165, 1.54) is 35.2 Å². The maximum absolute atomic E-state index is 14.0. The van der Waals surface area contributed by atoms with Crippen LogP contribution in [0.3, 0.4) is 0 Å². The zero-order valence-electron chi connectivity index (χ0n) is 23.2. The summed E-state index contributed by atoms with van der Waals surface area (Å²) in [6.45, 7) is 5.05. The minimum atomic E-state index is -4.73. The maximum Gasteiger partial charge on any atom is 0.416 e. The van der Waals surface area contributed by atoms with Gasteiger partial charge in [0, 0.05) is 13.1 Å². The van der Waals surface area contributed by atoms with Crippen molar-refractivity contribution < 1.29 is 31.2 Å². The van der Waals surface area contributed by atoms with Crippen molar-refractivity contribution in [1.29, 1.82) is 0 Å². The number of aryl methyl sites for hydroxylation is 1. The van der Waals surface area contributed by atoms with E-state index in [0.717, 1.165) is 23.3 Å². The molecule has 0 heterocycles. The van der Waals surface area contributed by atoms with Crippen LogP contribution in [0.25, 0.3) is 0 Å². The summed E-state index contributed by atoms with van der Waals surface area (Å²) < 4.78 is 68.9. The zero-order valence-corrected chi connectivity index (χ0v) is 24.0. The average Bonchev–Trinajstić information content (AvgIpc) is 2.95. The van der Waals surface area contributed by atoms with Gasteiger partial charge in [-0.05, 0) is 61.2 Å². The molecule has 0 saturated carbocycles. The van der Waals surface area contributed by atoms with Crippen LogP contribution in [0.1, 0.15) is 43.4 Å². The third kappa shape index (κ3) is 7.87. The molecule has 3 aromatic rings. The van der Waals surface area contributed by atoms with Gasteiger partial charge in [-0.3, -0.25) is 13.9 Å². The van der Waals surface area contributed by atoms with Gasteiger partial charge < -0.3 is 10.2 Å². The highest BCUT2D eigenvalue weighted by Gasteiger charge is 2.36. The first-order valence-electron chi connectivity index (χ1n) is 13.3. The van der Waals surface area contributed by atoms with Crippen LogP contribution in [0.15, 0.2) is 83.8 Å². The Morgan fingerprint density at radius 1 is 0.927 bits per heavy atom. The van der Waals surface area contributed by atoms with Gasteiger partial charge in [0.25, 0.3) is 10.0 Å². The van der Waals surface area contributed by atoms with Gasteiger partial charge in [0.2, 0.25) is 11.8 Å². The van der Waals surface area contributed by atoms with E-state index in [9.17, 15) is 31.2 Å². The van der Waals surface area contributed by atoms with Crippen molar-refractivity contribution in [1.82, 2.24) is 10.2 Å². The summed E-state index contributed by atoms with van der Waals surface area (Å²) in [6.07, 6.45) is -3.82. The monoisotopic (exact) mass is 589 g/mol. The quantitative estimate of drug-likeness (QED) is 0.301.